The average molecular weight is 229 g/mol. The molecule has 0 saturated heterocycles. The van der Waals surface area contributed by atoms with E-state index in [2.05, 4.69) is 28.8 Å². The van der Waals surface area contributed by atoms with Crippen molar-refractivity contribution in [3.8, 4) is 0 Å². The summed E-state index contributed by atoms with van der Waals surface area (Å²) in [5.41, 5.74) is 1.05. The second kappa shape index (κ2) is 6.15. The number of rotatable bonds is 7. The fourth-order valence-corrected chi connectivity index (χ4v) is 1.70. The van der Waals surface area contributed by atoms with Crippen LogP contribution >= 0.6 is 11.5 Å². The lowest BCUT2D eigenvalue weighted by molar-refractivity contribution is 0.148. The van der Waals surface area contributed by atoms with Crippen LogP contribution in [0.15, 0.2) is 5.38 Å². The number of aromatic nitrogens is 2. The molecule has 1 aromatic rings. The molecule has 1 heterocycles. The molecule has 0 aliphatic rings. The Morgan fingerprint density at radius 2 is 2.33 bits per heavy atom. The lowest BCUT2D eigenvalue weighted by Crippen LogP contribution is -2.21. The molecule has 1 rings (SSSR count). The highest BCUT2D eigenvalue weighted by Crippen LogP contribution is 2.20. The van der Waals surface area contributed by atoms with E-state index in [0.29, 0.717) is 0 Å². The van der Waals surface area contributed by atoms with Crippen molar-refractivity contribution in [2.75, 3.05) is 13.2 Å². The lowest BCUT2D eigenvalue weighted by Gasteiger charge is -2.21. The first-order valence-electron chi connectivity index (χ1n) is 5.21. The van der Waals surface area contributed by atoms with E-state index in [-0.39, 0.29) is 12.0 Å². The third-order valence-corrected chi connectivity index (χ3v) is 2.90. The Labute approximate surface area is 94.9 Å². The zero-order chi connectivity index (χ0) is 11.1. The highest BCUT2D eigenvalue weighted by Gasteiger charge is 2.14. The van der Waals surface area contributed by atoms with Crippen LogP contribution in [-0.2, 0) is 6.54 Å². The maximum absolute atomic E-state index is 9.06. The van der Waals surface area contributed by atoms with Gasteiger partial charge in [0.15, 0.2) is 0 Å². The maximum Gasteiger partial charge on any atom is 0.0893 e. The number of nitrogens with zero attached hydrogens (tertiary/aromatic N) is 2. The molecule has 0 spiro atoms. The minimum atomic E-state index is 0.0455. The summed E-state index contributed by atoms with van der Waals surface area (Å²) in [7, 11) is 0. The van der Waals surface area contributed by atoms with E-state index in [1.165, 1.54) is 11.5 Å². The molecule has 0 unspecified atom stereocenters. The van der Waals surface area contributed by atoms with Gasteiger partial charge in [0, 0.05) is 18.5 Å². The molecule has 5 heteroatoms. The summed E-state index contributed by atoms with van der Waals surface area (Å²) >= 11 is 1.38. The van der Waals surface area contributed by atoms with Crippen LogP contribution in [-0.4, -0.2) is 27.8 Å². The molecule has 0 bridgehead atoms. The van der Waals surface area contributed by atoms with E-state index in [1.54, 1.807) is 0 Å². The van der Waals surface area contributed by atoms with E-state index < -0.39 is 0 Å². The summed E-state index contributed by atoms with van der Waals surface area (Å²) in [5, 5.41) is 18.3. The van der Waals surface area contributed by atoms with Crippen molar-refractivity contribution in [1.82, 2.24) is 14.9 Å². The number of hydrogen-bond donors (Lipinski definition) is 2. The van der Waals surface area contributed by atoms with Crippen LogP contribution in [0.1, 0.15) is 32.4 Å². The SMILES string of the molecule is CC(C)(CO)CCCNCc1csnn1. The van der Waals surface area contributed by atoms with Crippen LogP contribution in [0.5, 0.6) is 0 Å². The van der Waals surface area contributed by atoms with Gasteiger partial charge in [0.05, 0.1) is 5.69 Å². The molecule has 86 valence electrons. The van der Waals surface area contributed by atoms with E-state index in [0.717, 1.165) is 31.6 Å². The molecule has 0 aromatic carbocycles. The van der Waals surface area contributed by atoms with Gasteiger partial charge in [-0.15, -0.1) is 5.10 Å². The predicted octanol–water partition coefficient (Wildman–Crippen LogP) is 1.43. The Bertz CT molecular complexity index is 262. The van der Waals surface area contributed by atoms with Gasteiger partial charge in [-0.05, 0) is 36.3 Å². The summed E-state index contributed by atoms with van der Waals surface area (Å²) in [4.78, 5) is 0. The van der Waals surface area contributed by atoms with Gasteiger partial charge in [-0.2, -0.15) is 0 Å². The Morgan fingerprint density at radius 3 is 2.93 bits per heavy atom. The molecule has 0 aliphatic heterocycles. The molecule has 0 saturated carbocycles. The molecular formula is C10H19N3OS. The standard InChI is InChI=1S/C10H19N3OS/c1-10(2,8-14)4-3-5-11-6-9-7-15-13-12-9/h7,11,14H,3-6,8H2,1-2H3. The van der Waals surface area contributed by atoms with Crippen molar-refractivity contribution in [2.45, 2.75) is 33.2 Å². The monoisotopic (exact) mass is 229 g/mol. The summed E-state index contributed by atoms with van der Waals surface area (Å²) in [6, 6.07) is 0. The van der Waals surface area contributed by atoms with Gasteiger partial charge in [-0.1, -0.05) is 18.3 Å². The van der Waals surface area contributed by atoms with Gasteiger partial charge in [0.1, 0.15) is 0 Å². The number of aliphatic hydroxyl groups excluding tert-OH is 1. The predicted molar refractivity (Wildman–Crippen MR) is 61.7 cm³/mol. The number of hydrogen-bond acceptors (Lipinski definition) is 5. The molecule has 15 heavy (non-hydrogen) atoms. The summed E-state index contributed by atoms with van der Waals surface area (Å²) in [6.07, 6.45) is 2.11. The van der Waals surface area contributed by atoms with Gasteiger partial charge < -0.3 is 10.4 Å². The second-order valence-electron chi connectivity index (χ2n) is 4.50. The summed E-state index contributed by atoms with van der Waals surface area (Å²) in [6.45, 7) is 6.16. The van der Waals surface area contributed by atoms with E-state index >= 15 is 0 Å². The van der Waals surface area contributed by atoms with Crippen LogP contribution < -0.4 is 5.32 Å². The summed E-state index contributed by atoms with van der Waals surface area (Å²) in [5.74, 6) is 0. The van der Waals surface area contributed by atoms with Crippen LogP contribution in [0.2, 0.25) is 0 Å². The first-order valence-corrected chi connectivity index (χ1v) is 6.05. The Hall–Kier alpha value is -0.520. The minimum absolute atomic E-state index is 0.0455. The lowest BCUT2D eigenvalue weighted by atomic mass is 9.89. The largest absolute Gasteiger partial charge is 0.396 e. The third kappa shape index (κ3) is 5.20. The van der Waals surface area contributed by atoms with Crippen molar-refractivity contribution in [3.63, 3.8) is 0 Å². The maximum atomic E-state index is 9.06. The Balaban J connectivity index is 2.03. The molecule has 0 atom stereocenters. The smallest absolute Gasteiger partial charge is 0.0893 e. The number of nitrogens with one attached hydrogen (secondary N) is 1. The third-order valence-electron chi connectivity index (χ3n) is 2.35. The van der Waals surface area contributed by atoms with Crippen molar-refractivity contribution < 1.29 is 5.11 Å². The Kier molecular flexibility index (Phi) is 5.14. The molecule has 0 aliphatic carbocycles. The van der Waals surface area contributed by atoms with Gasteiger partial charge in [0.2, 0.25) is 0 Å². The van der Waals surface area contributed by atoms with Crippen LogP contribution in [0.4, 0.5) is 0 Å². The average Bonchev–Trinajstić information content (AvgIpc) is 2.70. The fourth-order valence-electron chi connectivity index (χ4n) is 1.25. The molecular weight excluding hydrogens is 210 g/mol. The van der Waals surface area contributed by atoms with Crippen molar-refractivity contribution in [2.24, 2.45) is 5.41 Å². The van der Waals surface area contributed by atoms with Crippen LogP contribution in [0.3, 0.4) is 0 Å². The van der Waals surface area contributed by atoms with Gasteiger partial charge in [-0.25, -0.2) is 0 Å². The highest BCUT2D eigenvalue weighted by molar-refractivity contribution is 7.03. The molecule has 0 fully saturated rings. The molecule has 0 radical (unpaired) electrons. The fraction of sp³-hybridized carbons (Fsp3) is 0.800. The van der Waals surface area contributed by atoms with E-state index in [4.69, 9.17) is 5.11 Å². The van der Waals surface area contributed by atoms with E-state index in [1.807, 2.05) is 5.38 Å². The number of aliphatic hydroxyl groups is 1. The second-order valence-corrected chi connectivity index (χ2v) is 5.11. The molecule has 4 nitrogen and oxygen atoms in total. The minimum Gasteiger partial charge on any atom is -0.396 e. The van der Waals surface area contributed by atoms with Crippen LogP contribution in [0, 0.1) is 5.41 Å². The van der Waals surface area contributed by atoms with Gasteiger partial charge in [-0.3, -0.25) is 0 Å². The zero-order valence-corrected chi connectivity index (χ0v) is 10.2. The van der Waals surface area contributed by atoms with Crippen molar-refractivity contribution in [3.05, 3.63) is 11.1 Å². The first kappa shape index (κ1) is 12.5. The highest BCUT2D eigenvalue weighted by atomic mass is 32.1. The van der Waals surface area contributed by atoms with Gasteiger partial charge >= 0.3 is 0 Å². The zero-order valence-electron chi connectivity index (χ0n) is 9.36. The van der Waals surface area contributed by atoms with Crippen molar-refractivity contribution >= 4 is 11.5 Å². The molecule has 2 N–H and O–H groups in total. The molecule has 1 aromatic heterocycles. The van der Waals surface area contributed by atoms with Crippen LogP contribution in [0.25, 0.3) is 0 Å². The first-order chi connectivity index (χ1) is 7.14. The Morgan fingerprint density at radius 1 is 1.53 bits per heavy atom. The summed E-state index contributed by atoms with van der Waals surface area (Å²) < 4.78 is 3.79. The normalized spacial score (nSPS) is 11.9. The quantitative estimate of drug-likeness (QED) is 0.694. The topological polar surface area (TPSA) is 58.0 Å². The van der Waals surface area contributed by atoms with E-state index in [9.17, 15) is 0 Å². The van der Waals surface area contributed by atoms with Gasteiger partial charge in [0.25, 0.3) is 0 Å². The van der Waals surface area contributed by atoms with Crippen molar-refractivity contribution in [1.29, 1.82) is 0 Å². The molecule has 0 amide bonds.